The summed E-state index contributed by atoms with van der Waals surface area (Å²) in [7, 11) is 3.18. The number of amides is 1. The Labute approximate surface area is 152 Å². The van der Waals surface area contributed by atoms with E-state index in [1.807, 2.05) is 31.2 Å². The van der Waals surface area contributed by atoms with Crippen LogP contribution < -0.4 is 14.8 Å². The van der Waals surface area contributed by atoms with Crippen molar-refractivity contribution in [3.05, 3.63) is 59.8 Å². The number of H-pyrrole nitrogens is 1. The van der Waals surface area contributed by atoms with Crippen LogP contribution in [0.5, 0.6) is 11.5 Å². The molecule has 1 aromatic heterocycles. The van der Waals surface area contributed by atoms with Crippen LogP contribution in [0, 0.1) is 0 Å². The van der Waals surface area contributed by atoms with Crippen LogP contribution in [0.2, 0.25) is 0 Å². The molecule has 0 aliphatic heterocycles. The molecule has 26 heavy (non-hydrogen) atoms. The van der Waals surface area contributed by atoms with Crippen molar-refractivity contribution in [1.29, 1.82) is 0 Å². The molecule has 2 N–H and O–H groups in total. The third kappa shape index (κ3) is 3.39. The number of hydrogen-bond donors (Lipinski definition) is 2. The first-order valence-electron chi connectivity index (χ1n) is 8.34. The van der Waals surface area contributed by atoms with Crippen molar-refractivity contribution >= 4 is 11.6 Å². The van der Waals surface area contributed by atoms with Gasteiger partial charge in [-0.05, 0) is 36.8 Å². The molecule has 1 amide bonds. The first kappa shape index (κ1) is 17.5. The average molecular weight is 351 g/mol. The van der Waals surface area contributed by atoms with E-state index in [0.29, 0.717) is 34.9 Å². The van der Waals surface area contributed by atoms with Crippen molar-refractivity contribution in [3.8, 4) is 22.8 Å². The van der Waals surface area contributed by atoms with E-state index >= 15 is 0 Å². The van der Waals surface area contributed by atoms with Gasteiger partial charge in [0.1, 0.15) is 17.2 Å². The van der Waals surface area contributed by atoms with Crippen molar-refractivity contribution in [2.24, 2.45) is 0 Å². The fraction of sp³-hybridized carbons (Fsp3) is 0.200. The average Bonchev–Trinajstić information content (AvgIpc) is 3.10. The molecule has 0 fully saturated rings. The fourth-order valence-electron chi connectivity index (χ4n) is 2.75. The van der Waals surface area contributed by atoms with Gasteiger partial charge >= 0.3 is 0 Å². The fourth-order valence-corrected chi connectivity index (χ4v) is 2.75. The molecule has 0 unspecified atom stereocenters. The number of anilines is 1. The number of hydrogen-bond acceptors (Lipinski definition) is 4. The largest absolute Gasteiger partial charge is 0.497 e. The monoisotopic (exact) mass is 351 g/mol. The predicted octanol–water partition coefficient (Wildman–Crippen LogP) is 3.91. The normalized spacial score (nSPS) is 10.4. The van der Waals surface area contributed by atoms with E-state index in [9.17, 15) is 4.79 Å². The van der Waals surface area contributed by atoms with Crippen LogP contribution >= 0.6 is 0 Å². The lowest BCUT2D eigenvalue weighted by Gasteiger charge is -2.11. The maximum absolute atomic E-state index is 12.7. The molecule has 0 spiro atoms. The number of carbonyl (C=O) groups excluding carboxylic acids is 1. The van der Waals surface area contributed by atoms with Gasteiger partial charge in [0.25, 0.3) is 5.91 Å². The Balaban J connectivity index is 1.99. The summed E-state index contributed by atoms with van der Waals surface area (Å²) in [4.78, 5) is 12.7. The van der Waals surface area contributed by atoms with Crippen molar-refractivity contribution in [3.63, 3.8) is 0 Å². The highest BCUT2D eigenvalue weighted by atomic mass is 16.5. The molecule has 6 heteroatoms. The second-order valence-electron chi connectivity index (χ2n) is 5.67. The van der Waals surface area contributed by atoms with Gasteiger partial charge in [-0.15, -0.1) is 0 Å². The van der Waals surface area contributed by atoms with E-state index in [1.165, 1.54) is 0 Å². The highest BCUT2D eigenvalue weighted by molar-refractivity contribution is 6.06. The van der Waals surface area contributed by atoms with Gasteiger partial charge in [-0.3, -0.25) is 9.89 Å². The molecule has 1 heterocycles. The molecular formula is C20H21N3O3. The zero-order valence-electron chi connectivity index (χ0n) is 15.0. The van der Waals surface area contributed by atoms with Crippen LogP contribution in [-0.2, 0) is 6.42 Å². The van der Waals surface area contributed by atoms with Crippen molar-refractivity contribution in [2.45, 2.75) is 13.3 Å². The minimum absolute atomic E-state index is 0.226. The van der Waals surface area contributed by atoms with Gasteiger partial charge < -0.3 is 14.8 Å². The molecule has 0 radical (unpaired) electrons. The number of aromatic nitrogens is 2. The van der Waals surface area contributed by atoms with E-state index in [1.54, 1.807) is 38.5 Å². The lowest BCUT2D eigenvalue weighted by molar-refractivity contribution is 0.102. The Morgan fingerprint density at radius 3 is 2.65 bits per heavy atom. The smallest absolute Gasteiger partial charge is 0.255 e. The Morgan fingerprint density at radius 1 is 1.12 bits per heavy atom. The Hall–Kier alpha value is -3.28. The van der Waals surface area contributed by atoms with E-state index in [-0.39, 0.29) is 5.91 Å². The minimum atomic E-state index is -0.226. The van der Waals surface area contributed by atoms with Gasteiger partial charge in [-0.25, -0.2) is 0 Å². The number of nitrogens with one attached hydrogen (secondary N) is 2. The SMILES string of the molecule is CCc1[nH]nc(-c2ccccc2OC)c1NC(=O)c1cccc(OC)c1. The van der Waals surface area contributed by atoms with Crippen molar-refractivity contribution in [2.75, 3.05) is 19.5 Å². The maximum atomic E-state index is 12.7. The van der Waals surface area contributed by atoms with E-state index < -0.39 is 0 Å². The number of ether oxygens (including phenoxy) is 2. The second kappa shape index (κ2) is 7.74. The molecule has 0 saturated carbocycles. The lowest BCUT2D eigenvalue weighted by atomic mass is 10.1. The van der Waals surface area contributed by atoms with Gasteiger partial charge in [0.2, 0.25) is 0 Å². The molecule has 0 aliphatic rings. The number of methoxy groups -OCH3 is 2. The summed E-state index contributed by atoms with van der Waals surface area (Å²) in [5.74, 6) is 1.10. The summed E-state index contributed by atoms with van der Waals surface area (Å²) in [6.07, 6.45) is 0.704. The summed E-state index contributed by atoms with van der Waals surface area (Å²) in [6.45, 7) is 2.00. The summed E-state index contributed by atoms with van der Waals surface area (Å²) < 4.78 is 10.6. The van der Waals surface area contributed by atoms with Gasteiger partial charge in [-0.1, -0.05) is 25.1 Å². The van der Waals surface area contributed by atoms with Gasteiger partial charge in [0.15, 0.2) is 0 Å². The zero-order chi connectivity index (χ0) is 18.5. The zero-order valence-corrected chi connectivity index (χ0v) is 15.0. The van der Waals surface area contributed by atoms with Crippen LogP contribution in [0.1, 0.15) is 23.0 Å². The molecule has 0 saturated heterocycles. The molecule has 6 nitrogen and oxygen atoms in total. The molecule has 3 aromatic rings. The molecule has 134 valence electrons. The quantitative estimate of drug-likeness (QED) is 0.706. The Kier molecular flexibility index (Phi) is 5.22. The van der Waals surface area contributed by atoms with Crippen LogP contribution in [0.3, 0.4) is 0 Å². The minimum Gasteiger partial charge on any atom is -0.497 e. The topological polar surface area (TPSA) is 76.2 Å². The highest BCUT2D eigenvalue weighted by Crippen LogP contribution is 2.35. The van der Waals surface area contributed by atoms with Crippen LogP contribution in [0.15, 0.2) is 48.5 Å². The lowest BCUT2D eigenvalue weighted by Crippen LogP contribution is -2.13. The van der Waals surface area contributed by atoms with Crippen molar-refractivity contribution in [1.82, 2.24) is 10.2 Å². The van der Waals surface area contributed by atoms with Gasteiger partial charge in [0, 0.05) is 11.1 Å². The Bertz CT molecular complexity index is 918. The summed E-state index contributed by atoms with van der Waals surface area (Å²) in [5.41, 5.74) is 3.48. The van der Waals surface area contributed by atoms with Crippen molar-refractivity contribution < 1.29 is 14.3 Å². The van der Waals surface area contributed by atoms with Gasteiger partial charge in [0.05, 0.1) is 25.6 Å². The summed E-state index contributed by atoms with van der Waals surface area (Å²) in [6, 6.07) is 14.6. The molecule has 0 atom stereocenters. The van der Waals surface area contributed by atoms with E-state index in [2.05, 4.69) is 15.5 Å². The summed E-state index contributed by atoms with van der Waals surface area (Å²) >= 11 is 0. The number of para-hydroxylation sites is 1. The number of benzene rings is 2. The molecule has 0 aliphatic carbocycles. The number of carbonyl (C=O) groups is 1. The molecule has 3 rings (SSSR count). The first-order valence-corrected chi connectivity index (χ1v) is 8.34. The van der Waals surface area contributed by atoms with E-state index in [4.69, 9.17) is 9.47 Å². The molecular weight excluding hydrogens is 330 g/mol. The number of aryl methyl sites for hydroxylation is 1. The third-order valence-electron chi connectivity index (χ3n) is 4.13. The third-order valence-corrected chi connectivity index (χ3v) is 4.13. The maximum Gasteiger partial charge on any atom is 0.255 e. The highest BCUT2D eigenvalue weighted by Gasteiger charge is 2.19. The standard InChI is InChI=1S/C20H21N3O3/c1-4-16-19(21-20(24)13-8-7-9-14(12-13)25-2)18(23-22-16)15-10-5-6-11-17(15)26-3/h5-12H,4H2,1-3H3,(H,21,24)(H,22,23). The van der Waals surface area contributed by atoms with E-state index in [0.717, 1.165) is 11.3 Å². The second-order valence-corrected chi connectivity index (χ2v) is 5.67. The van der Waals surface area contributed by atoms with Crippen LogP contribution in [0.25, 0.3) is 11.3 Å². The molecule has 2 aromatic carbocycles. The predicted molar refractivity (Wildman–Crippen MR) is 101 cm³/mol. The number of nitrogens with zero attached hydrogens (tertiary/aromatic N) is 1. The number of rotatable bonds is 6. The van der Waals surface area contributed by atoms with Gasteiger partial charge in [-0.2, -0.15) is 5.10 Å². The molecule has 0 bridgehead atoms. The summed E-state index contributed by atoms with van der Waals surface area (Å²) in [5, 5.41) is 10.4. The first-order chi connectivity index (χ1) is 12.7. The van der Waals surface area contributed by atoms with Crippen LogP contribution in [-0.4, -0.2) is 30.3 Å². The Morgan fingerprint density at radius 2 is 1.92 bits per heavy atom. The number of aromatic amines is 1. The van der Waals surface area contributed by atoms with Crippen LogP contribution in [0.4, 0.5) is 5.69 Å².